The van der Waals surface area contributed by atoms with E-state index in [4.69, 9.17) is 4.42 Å². The zero-order valence-corrected chi connectivity index (χ0v) is 10.9. The number of halogens is 1. The Hall–Kier alpha value is -0.770. The summed E-state index contributed by atoms with van der Waals surface area (Å²) >= 11 is 3.37. The second kappa shape index (κ2) is 4.84. The number of rotatable bonds is 4. The first-order valence-corrected chi connectivity index (χ1v) is 5.75. The van der Waals surface area contributed by atoms with Crippen LogP contribution in [0, 0.1) is 0 Å². The molecule has 15 heavy (non-hydrogen) atoms. The number of carbonyl (C=O) groups is 1. The van der Waals surface area contributed by atoms with Crippen LogP contribution in [0.5, 0.6) is 0 Å². The van der Waals surface area contributed by atoms with Crippen LogP contribution in [0.3, 0.4) is 0 Å². The average Bonchev–Trinajstić information content (AvgIpc) is 2.64. The molecular formula is C11H16BrNO2. The van der Waals surface area contributed by atoms with Gasteiger partial charge in [0.25, 0.3) is 0 Å². The third-order valence-electron chi connectivity index (χ3n) is 2.10. The van der Waals surface area contributed by atoms with Crippen molar-refractivity contribution in [3.8, 4) is 0 Å². The lowest BCUT2D eigenvalue weighted by molar-refractivity contribution is -0.133. The van der Waals surface area contributed by atoms with Crippen LogP contribution in [-0.2, 0) is 11.3 Å². The molecule has 0 bridgehead atoms. The second-order valence-corrected chi connectivity index (χ2v) is 5.85. The minimum absolute atomic E-state index is 0.0707. The Kier molecular flexibility index (Phi) is 3.97. The summed E-state index contributed by atoms with van der Waals surface area (Å²) in [6, 6.07) is 3.70. The largest absolute Gasteiger partial charge is 0.467 e. The summed E-state index contributed by atoms with van der Waals surface area (Å²) in [6.45, 7) is 6.85. The molecule has 0 spiro atoms. The molecule has 0 aliphatic rings. The number of alkyl halides is 1. The molecule has 0 atom stereocenters. The van der Waals surface area contributed by atoms with Gasteiger partial charge < -0.3 is 9.32 Å². The zero-order chi connectivity index (χ0) is 11.5. The molecule has 0 saturated heterocycles. The van der Waals surface area contributed by atoms with Crippen LogP contribution in [0.1, 0.15) is 26.5 Å². The average molecular weight is 274 g/mol. The predicted octanol–water partition coefficient (Wildman–Crippen LogP) is 2.80. The van der Waals surface area contributed by atoms with Crippen LogP contribution in [-0.4, -0.2) is 21.7 Å². The van der Waals surface area contributed by atoms with Crippen LogP contribution in [0.15, 0.2) is 22.8 Å². The van der Waals surface area contributed by atoms with E-state index in [-0.39, 0.29) is 5.91 Å². The molecule has 1 amide bonds. The van der Waals surface area contributed by atoms with Crippen molar-refractivity contribution < 1.29 is 9.21 Å². The summed E-state index contributed by atoms with van der Waals surface area (Å²) < 4.78 is 4.70. The van der Waals surface area contributed by atoms with Crippen molar-refractivity contribution in [2.45, 2.75) is 31.6 Å². The third kappa shape index (κ3) is 3.38. The van der Waals surface area contributed by atoms with Crippen LogP contribution >= 0.6 is 15.9 Å². The molecule has 0 radical (unpaired) electrons. The van der Waals surface area contributed by atoms with Crippen LogP contribution in [0.25, 0.3) is 0 Å². The number of furan rings is 1. The lowest BCUT2D eigenvalue weighted by Gasteiger charge is -2.26. The van der Waals surface area contributed by atoms with Crippen molar-refractivity contribution in [1.82, 2.24) is 4.90 Å². The van der Waals surface area contributed by atoms with Gasteiger partial charge in [-0.25, -0.2) is 0 Å². The number of hydrogen-bond donors (Lipinski definition) is 0. The molecular weight excluding hydrogens is 258 g/mol. The van der Waals surface area contributed by atoms with Gasteiger partial charge in [-0.1, -0.05) is 15.9 Å². The minimum Gasteiger partial charge on any atom is -0.467 e. The van der Waals surface area contributed by atoms with Gasteiger partial charge in [-0.15, -0.1) is 0 Å². The van der Waals surface area contributed by atoms with Crippen molar-refractivity contribution in [3.05, 3.63) is 24.2 Å². The maximum Gasteiger partial charge on any atom is 0.239 e. The van der Waals surface area contributed by atoms with E-state index in [0.717, 1.165) is 5.76 Å². The summed E-state index contributed by atoms with van der Waals surface area (Å²) in [5.74, 6) is 0.878. The van der Waals surface area contributed by atoms with E-state index in [1.807, 2.05) is 32.9 Å². The highest BCUT2D eigenvalue weighted by molar-refractivity contribution is 9.10. The molecule has 0 aliphatic heterocycles. The molecule has 0 aromatic carbocycles. The molecule has 0 saturated carbocycles. The zero-order valence-electron chi connectivity index (χ0n) is 9.29. The Balaban J connectivity index is 2.69. The Morgan fingerprint density at radius 2 is 2.27 bits per heavy atom. The van der Waals surface area contributed by atoms with Gasteiger partial charge in [-0.05, 0) is 32.9 Å². The molecule has 3 nitrogen and oxygen atoms in total. The summed E-state index contributed by atoms with van der Waals surface area (Å²) in [5.41, 5.74) is 0. The first kappa shape index (κ1) is 12.3. The Bertz CT molecular complexity index is 314. The SMILES string of the molecule is CCN(Cc1ccco1)C(=O)C(C)(C)Br. The maximum absolute atomic E-state index is 12.0. The van der Waals surface area contributed by atoms with E-state index in [2.05, 4.69) is 15.9 Å². The highest BCUT2D eigenvalue weighted by Gasteiger charge is 2.28. The van der Waals surface area contributed by atoms with Crippen LogP contribution < -0.4 is 0 Å². The van der Waals surface area contributed by atoms with E-state index in [9.17, 15) is 4.79 Å². The van der Waals surface area contributed by atoms with E-state index in [0.29, 0.717) is 13.1 Å². The molecule has 1 heterocycles. The fourth-order valence-corrected chi connectivity index (χ4v) is 1.54. The molecule has 0 aliphatic carbocycles. The van der Waals surface area contributed by atoms with Gasteiger partial charge in [0, 0.05) is 6.54 Å². The minimum atomic E-state index is -0.518. The lowest BCUT2D eigenvalue weighted by Crippen LogP contribution is -2.41. The standard InChI is InChI=1S/C11H16BrNO2/c1-4-13(10(14)11(2,3)12)8-9-6-5-7-15-9/h5-7H,4,8H2,1-3H3. The van der Waals surface area contributed by atoms with Crippen molar-refractivity contribution in [3.63, 3.8) is 0 Å². The molecule has 0 unspecified atom stereocenters. The predicted molar refractivity (Wildman–Crippen MR) is 62.8 cm³/mol. The number of amides is 1. The molecule has 1 rings (SSSR count). The van der Waals surface area contributed by atoms with Crippen molar-refractivity contribution in [1.29, 1.82) is 0 Å². The van der Waals surface area contributed by atoms with Gasteiger partial charge in [0.1, 0.15) is 5.76 Å². The number of hydrogen-bond acceptors (Lipinski definition) is 2. The van der Waals surface area contributed by atoms with Crippen LogP contribution in [0.2, 0.25) is 0 Å². The molecule has 0 N–H and O–H groups in total. The lowest BCUT2D eigenvalue weighted by atomic mass is 10.2. The quantitative estimate of drug-likeness (QED) is 0.791. The topological polar surface area (TPSA) is 33.5 Å². The summed E-state index contributed by atoms with van der Waals surface area (Å²) in [6.07, 6.45) is 1.62. The monoisotopic (exact) mass is 273 g/mol. The summed E-state index contributed by atoms with van der Waals surface area (Å²) in [5, 5.41) is 0. The van der Waals surface area contributed by atoms with Gasteiger partial charge in [0.05, 0.1) is 17.1 Å². The number of nitrogens with zero attached hydrogens (tertiary/aromatic N) is 1. The van der Waals surface area contributed by atoms with Crippen LogP contribution in [0.4, 0.5) is 0 Å². The summed E-state index contributed by atoms with van der Waals surface area (Å²) in [4.78, 5) is 13.7. The maximum atomic E-state index is 12.0. The van der Waals surface area contributed by atoms with E-state index < -0.39 is 4.32 Å². The Morgan fingerprint density at radius 1 is 1.60 bits per heavy atom. The van der Waals surface area contributed by atoms with Gasteiger partial charge >= 0.3 is 0 Å². The van der Waals surface area contributed by atoms with Crippen molar-refractivity contribution in [2.24, 2.45) is 0 Å². The van der Waals surface area contributed by atoms with Gasteiger partial charge in [-0.3, -0.25) is 4.79 Å². The molecule has 1 aromatic rings. The highest BCUT2D eigenvalue weighted by atomic mass is 79.9. The first-order valence-electron chi connectivity index (χ1n) is 4.95. The van der Waals surface area contributed by atoms with E-state index >= 15 is 0 Å². The fraction of sp³-hybridized carbons (Fsp3) is 0.545. The van der Waals surface area contributed by atoms with Gasteiger partial charge in [0.2, 0.25) is 5.91 Å². The smallest absolute Gasteiger partial charge is 0.239 e. The molecule has 4 heteroatoms. The van der Waals surface area contributed by atoms with Gasteiger partial charge in [-0.2, -0.15) is 0 Å². The second-order valence-electron chi connectivity index (χ2n) is 3.87. The Labute approximate surface area is 98.6 Å². The van der Waals surface area contributed by atoms with Crippen molar-refractivity contribution >= 4 is 21.8 Å². The molecule has 1 aromatic heterocycles. The fourth-order valence-electron chi connectivity index (χ4n) is 1.29. The summed E-state index contributed by atoms with van der Waals surface area (Å²) in [7, 11) is 0. The van der Waals surface area contributed by atoms with Crippen molar-refractivity contribution in [2.75, 3.05) is 6.54 Å². The molecule has 0 fully saturated rings. The normalized spacial score (nSPS) is 11.5. The van der Waals surface area contributed by atoms with E-state index in [1.165, 1.54) is 0 Å². The Morgan fingerprint density at radius 3 is 2.67 bits per heavy atom. The molecule has 84 valence electrons. The highest BCUT2D eigenvalue weighted by Crippen LogP contribution is 2.20. The first-order chi connectivity index (χ1) is 6.95. The van der Waals surface area contributed by atoms with Gasteiger partial charge in [0.15, 0.2) is 0 Å². The number of carbonyl (C=O) groups excluding carboxylic acids is 1. The van der Waals surface area contributed by atoms with E-state index in [1.54, 1.807) is 11.2 Å². The third-order valence-corrected chi connectivity index (χ3v) is 2.44.